The summed E-state index contributed by atoms with van der Waals surface area (Å²) in [7, 11) is 0. The molecule has 3 N–H and O–H groups in total. The van der Waals surface area contributed by atoms with Gasteiger partial charge in [-0.1, -0.05) is 72.8 Å². The van der Waals surface area contributed by atoms with Gasteiger partial charge in [-0.05, 0) is 97.7 Å². The van der Waals surface area contributed by atoms with Crippen molar-refractivity contribution in [1.29, 1.82) is 0 Å². The van der Waals surface area contributed by atoms with Crippen LogP contribution >= 0.6 is 0 Å². The number of β-amino-alcohol motifs (C(OH)–C–C–N with tert-alkyl or cyclic N) is 1. The van der Waals surface area contributed by atoms with E-state index in [1.165, 1.54) is 0 Å². The Balaban J connectivity index is 1.41. The second kappa shape index (κ2) is 13.9. The van der Waals surface area contributed by atoms with Crippen LogP contribution in [0.25, 0.3) is 11.1 Å². The van der Waals surface area contributed by atoms with E-state index in [4.69, 9.17) is 4.74 Å². The molecule has 6 heteroatoms. The number of carboxylic acids is 1. The van der Waals surface area contributed by atoms with E-state index < -0.39 is 12.1 Å². The number of aromatic carboxylic acids is 1. The number of rotatable bonds is 13. The number of aryl methyl sites for hydroxylation is 1. The van der Waals surface area contributed by atoms with Crippen LogP contribution in [0.15, 0.2) is 91.0 Å². The quantitative estimate of drug-likeness (QED) is 0.160. The van der Waals surface area contributed by atoms with Crippen LogP contribution in [0.5, 0.6) is 0 Å². The first-order valence-electron chi connectivity index (χ1n) is 14.3. The van der Waals surface area contributed by atoms with Gasteiger partial charge in [-0.3, -0.25) is 0 Å². The summed E-state index contributed by atoms with van der Waals surface area (Å²) in [4.78, 5) is 12.0. The Bertz CT molecular complexity index is 1500. The van der Waals surface area contributed by atoms with Crippen LogP contribution in [-0.4, -0.2) is 41.0 Å². The molecule has 0 aromatic heterocycles. The lowest BCUT2D eigenvalue weighted by Crippen LogP contribution is -2.46. The van der Waals surface area contributed by atoms with Gasteiger partial charge in [-0.25, -0.2) is 9.18 Å². The lowest BCUT2D eigenvalue weighted by molar-refractivity contribution is -0.00397. The highest BCUT2D eigenvalue weighted by Crippen LogP contribution is 2.32. The van der Waals surface area contributed by atoms with Crippen molar-refractivity contribution in [2.24, 2.45) is 0 Å². The lowest BCUT2D eigenvalue weighted by Gasteiger charge is -2.28. The Morgan fingerprint density at radius 2 is 1.67 bits per heavy atom. The number of carboxylic acid groups (broad SMARTS) is 1. The topological polar surface area (TPSA) is 78.8 Å². The second-order valence-corrected chi connectivity index (χ2v) is 11.6. The zero-order chi connectivity index (χ0) is 30.3. The monoisotopic (exact) mass is 569 g/mol. The third-order valence-electron chi connectivity index (χ3n) is 7.52. The van der Waals surface area contributed by atoms with Gasteiger partial charge in [0.1, 0.15) is 5.82 Å². The molecular weight excluding hydrogens is 529 g/mol. The average Bonchev–Trinajstić information content (AvgIpc) is 2.97. The summed E-state index contributed by atoms with van der Waals surface area (Å²) in [6, 6.07) is 28.5. The molecule has 5 nitrogen and oxygen atoms in total. The number of nitrogens with one attached hydrogen (secondary N) is 1. The molecule has 0 aliphatic heterocycles. The van der Waals surface area contributed by atoms with Gasteiger partial charge in [0.25, 0.3) is 0 Å². The maximum atomic E-state index is 14.0. The van der Waals surface area contributed by atoms with Crippen LogP contribution < -0.4 is 5.32 Å². The number of aliphatic hydroxyl groups excluding tert-OH is 1. The van der Waals surface area contributed by atoms with Gasteiger partial charge in [0.15, 0.2) is 0 Å². The summed E-state index contributed by atoms with van der Waals surface area (Å²) in [5.74, 6) is -1.16. The third-order valence-corrected chi connectivity index (χ3v) is 7.52. The molecule has 0 saturated carbocycles. The van der Waals surface area contributed by atoms with E-state index in [0.717, 1.165) is 33.4 Å². The van der Waals surface area contributed by atoms with Crippen LogP contribution in [-0.2, 0) is 17.6 Å². The molecule has 2 atom stereocenters. The van der Waals surface area contributed by atoms with Crippen LogP contribution in [0.4, 0.5) is 4.39 Å². The zero-order valence-corrected chi connectivity index (χ0v) is 24.7. The number of halogens is 1. The standard InChI is InChI=1S/C36H40FNO4/c1-24-14-15-27(19-34(24)37)21-36(3,4)38-22-30(39)23-42-25(2)31-12-8-9-13-32(31)28-16-17-33(35(40)41)29(20-28)18-26-10-6-5-7-11-26/h5-17,19-20,25,30,38-39H,18,21-23H2,1-4H3,(H,40,41)/t25?,30-/m1/s1. The van der Waals surface area contributed by atoms with E-state index in [0.29, 0.717) is 24.9 Å². The first kappa shape index (κ1) is 31.1. The minimum absolute atomic E-state index is 0.134. The van der Waals surface area contributed by atoms with E-state index in [1.54, 1.807) is 25.1 Å². The molecule has 0 heterocycles. The van der Waals surface area contributed by atoms with Gasteiger partial charge in [0, 0.05) is 12.1 Å². The molecule has 0 saturated heterocycles. The normalized spacial score (nSPS) is 13.1. The summed E-state index contributed by atoms with van der Waals surface area (Å²) in [6.45, 7) is 8.21. The highest BCUT2D eigenvalue weighted by molar-refractivity contribution is 5.90. The molecular formula is C36H40FNO4. The Hall–Kier alpha value is -3.84. The van der Waals surface area contributed by atoms with Gasteiger partial charge in [0.2, 0.25) is 0 Å². The molecule has 0 bridgehead atoms. The molecule has 4 rings (SSSR count). The number of benzene rings is 4. The molecule has 1 unspecified atom stereocenters. The molecule has 0 fully saturated rings. The van der Waals surface area contributed by atoms with Crippen molar-refractivity contribution in [2.45, 2.75) is 58.3 Å². The van der Waals surface area contributed by atoms with Crippen molar-refractivity contribution in [3.63, 3.8) is 0 Å². The fraction of sp³-hybridized carbons (Fsp3) is 0.306. The highest BCUT2D eigenvalue weighted by Gasteiger charge is 2.21. The number of carbonyl (C=O) groups is 1. The van der Waals surface area contributed by atoms with E-state index >= 15 is 0 Å². The predicted octanol–water partition coefficient (Wildman–Crippen LogP) is 7.14. The Morgan fingerprint density at radius 1 is 0.952 bits per heavy atom. The summed E-state index contributed by atoms with van der Waals surface area (Å²) in [5, 5.41) is 23.9. The number of ether oxygens (including phenoxy) is 1. The molecule has 0 aliphatic rings. The molecule has 0 amide bonds. The van der Waals surface area contributed by atoms with Crippen LogP contribution in [0.1, 0.15) is 65.1 Å². The van der Waals surface area contributed by atoms with Gasteiger partial charge in [0.05, 0.1) is 24.4 Å². The summed E-state index contributed by atoms with van der Waals surface area (Å²) in [5.41, 5.74) is 6.06. The smallest absolute Gasteiger partial charge is 0.335 e. The predicted molar refractivity (Wildman–Crippen MR) is 165 cm³/mol. The largest absolute Gasteiger partial charge is 0.478 e. The highest BCUT2D eigenvalue weighted by atomic mass is 19.1. The second-order valence-electron chi connectivity index (χ2n) is 11.6. The molecule has 0 aliphatic carbocycles. The van der Waals surface area contributed by atoms with Crippen molar-refractivity contribution < 1.29 is 24.1 Å². The molecule has 220 valence electrons. The van der Waals surface area contributed by atoms with E-state index in [1.807, 2.05) is 93.6 Å². The minimum atomic E-state index is -0.950. The maximum Gasteiger partial charge on any atom is 0.335 e. The Kier molecular flexibility index (Phi) is 10.3. The van der Waals surface area contributed by atoms with Crippen molar-refractivity contribution in [3.05, 3.63) is 130 Å². The Morgan fingerprint density at radius 3 is 2.38 bits per heavy atom. The van der Waals surface area contributed by atoms with Gasteiger partial charge >= 0.3 is 5.97 Å². The zero-order valence-electron chi connectivity index (χ0n) is 24.7. The maximum absolute atomic E-state index is 14.0. The van der Waals surface area contributed by atoms with Gasteiger partial charge < -0.3 is 20.3 Å². The van der Waals surface area contributed by atoms with Gasteiger partial charge in [-0.2, -0.15) is 0 Å². The fourth-order valence-corrected chi connectivity index (χ4v) is 5.16. The van der Waals surface area contributed by atoms with Crippen molar-refractivity contribution in [2.75, 3.05) is 13.2 Å². The summed E-state index contributed by atoms with van der Waals surface area (Å²) < 4.78 is 20.1. The summed E-state index contributed by atoms with van der Waals surface area (Å²) in [6.07, 6.45) is 0.0880. The van der Waals surface area contributed by atoms with Crippen LogP contribution in [0.2, 0.25) is 0 Å². The lowest BCUT2D eigenvalue weighted by atomic mass is 9.91. The molecule has 0 spiro atoms. The van der Waals surface area contributed by atoms with Gasteiger partial charge in [-0.15, -0.1) is 0 Å². The fourth-order valence-electron chi connectivity index (χ4n) is 5.16. The Labute approximate surface area is 248 Å². The van der Waals surface area contributed by atoms with Crippen LogP contribution in [0.3, 0.4) is 0 Å². The third kappa shape index (κ3) is 8.35. The molecule has 0 radical (unpaired) electrons. The van der Waals surface area contributed by atoms with E-state index in [-0.39, 0.29) is 29.6 Å². The number of hydrogen-bond acceptors (Lipinski definition) is 4. The molecule has 42 heavy (non-hydrogen) atoms. The van der Waals surface area contributed by atoms with Crippen molar-refractivity contribution in [3.8, 4) is 11.1 Å². The van der Waals surface area contributed by atoms with E-state index in [9.17, 15) is 19.4 Å². The van der Waals surface area contributed by atoms with Crippen LogP contribution in [0, 0.1) is 12.7 Å². The summed E-state index contributed by atoms with van der Waals surface area (Å²) >= 11 is 0. The average molecular weight is 570 g/mol. The van der Waals surface area contributed by atoms with Crippen molar-refractivity contribution in [1.82, 2.24) is 5.32 Å². The minimum Gasteiger partial charge on any atom is -0.478 e. The van der Waals surface area contributed by atoms with E-state index in [2.05, 4.69) is 5.32 Å². The first-order chi connectivity index (χ1) is 20.0. The number of aliphatic hydroxyl groups is 1. The SMILES string of the molecule is Cc1ccc(CC(C)(C)NC[C@@H](O)COC(C)c2ccccc2-c2ccc(C(=O)O)c(Cc3ccccc3)c2)cc1F. The van der Waals surface area contributed by atoms with Crippen molar-refractivity contribution >= 4 is 5.97 Å². The molecule has 4 aromatic carbocycles. The molecule has 4 aromatic rings. The first-order valence-corrected chi connectivity index (χ1v) is 14.3. The number of hydrogen-bond donors (Lipinski definition) is 3.